The first kappa shape index (κ1) is 15.3. The Morgan fingerprint density at radius 2 is 1.63 bits per heavy atom. The number of nitrogens with zero attached hydrogens (tertiary/aromatic N) is 3. The maximum absolute atomic E-state index is 12.0. The van der Waals surface area contributed by atoms with Crippen LogP contribution in [-0.4, -0.2) is 41.4 Å². The monoisotopic (exact) mass is 280 g/mol. The van der Waals surface area contributed by atoms with Gasteiger partial charge < -0.3 is 14.8 Å². The molecule has 0 saturated heterocycles. The maximum Gasteiger partial charge on any atom is 0.392 e. The van der Waals surface area contributed by atoms with Crippen LogP contribution >= 0.6 is 0 Å². The number of aromatic nitrogens is 3. The van der Waals surface area contributed by atoms with Crippen molar-refractivity contribution in [3.63, 3.8) is 0 Å². The number of ether oxygens (including phenoxy) is 2. The van der Waals surface area contributed by atoms with Crippen molar-refractivity contribution in [2.45, 2.75) is 25.9 Å². The molecule has 9 heteroatoms. The van der Waals surface area contributed by atoms with Crippen LogP contribution < -0.4 is 14.8 Å². The molecule has 108 valence electrons. The van der Waals surface area contributed by atoms with E-state index in [-0.39, 0.29) is 18.0 Å². The molecule has 0 aliphatic carbocycles. The minimum Gasteiger partial charge on any atom is -0.463 e. The van der Waals surface area contributed by atoms with E-state index < -0.39 is 19.2 Å². The zero-order valence-corrected chi connectivity index (χ0v) is 10.6. The molecule has 19 heavy (non-hydrogen) atoms. The molecular weight excluding hydrogens is 265 g/mol. The smallest absolute Gasteiger partial charge is 0.392 e. The number of nitrogens with one attached hydrogen (secondary N) is 1. The van der Waals surface area contributed by atoms with Crippen LogP contribution in [0.2, 0.25) is 0 Å². The van der Waals surface area contributed by atoms with E-state index in [0.29, 0.717) is 6.61 Å². The minimum atomic E-state index is -4.28. The van der Waals surface area contributed by atoms with Crippen molar-refractivity contribution < 1.29 is 22.6 Å². The standard InChI is InChI=1S/C10H15F3N4O2/c1-3-5-18-8-15-7(14-2)16-9(17-8)19-6-4-10(11,12)13/h3-6H2,1-2H3,(H,14,15,16,17). The van der Waals surface area contributed by atoms with Gasteiger partial charge >= 0.3 is 18.2 Å². The zero-order chi connectivity index (χ0) is 14.3. The Balaban J connectivity index is 2.65. The van der Waals surface area contributed by atoms with E-state index >= 15 is 0 Å². The second-order valence-corrected chi connectivity index (χ2v) is 3.54. The summed E-state index contributed by atoms with van der Waals surface area (Å²) in [5, 5.41) is 2.65. The summed E-state index contributed by atoms with van der Waals surface area (Å²) < 4.78 is 46.0. The van der Waals surface area contributed by atoms with Gasteiger partial charge in [0.25, 0.3) is 0 Å². The van der Waals surface area contributed by atoms with Crippen molar-refractivity contribution in [3.05, 3.63) is 0 Å². The zero-order valence-electron chi connectivity index (χ0n) is 10.6. The average molecular weight is 280 g/mol. The third-order valence-electron chi connectivity index (χ3n) is 1.87. The lowest BCUT2D eigenvalue weighted by Crippen LogP contribution is -2.14. The predicted molar refractivity (Wildman–Crippen MR) is 61.3 cm³/mol. The van der Waals surface area contributed by atoms with Gasteiger partial charge in [0.05, 0.1) is 13.0 Å². The van der Waals surface area contributed by atoms with Gasteiger partial charge in [0.15, 0.2) is 0 Å². The third-order valence-corrected chi connectivity index (χ3v) is 1.87. The van der Waals surface area contributed by atoms with Crippen LogP contribution in [0.4, 0.5) is 19.1 Å². The summed E-state index contributed by atoms with van der Waals surface area (Å²) in [4.78, 5) is 11.4. The van der Waals surface area contributed by atoms with Gasteiger partial charge in [-0.3, -0.25) is 0 Å². The van der Waals surface area contributed by atoms with E-state index in [0.717, 1.165) is 6.42 Å². The van der Waals surface area contributed by atoms with Crippen LogP contribution in [0.5, 0.6) is 12.0 Å². The first-order valence-corrected chi connectivity index (χ1v) is 5.70. The number of hydrogen-bond donors (Lipinski definition) is 1. The fraction of sp³-hybridized carbons (Fsp3) is 0.700. The Labute approximate surface area is 108 Å². The van der Waals surface area contributed by atoms with Crippen molar-refractivity contribution in [3.8, 4) is 12.0 Å². The third kappa shape index (κ3) is 6.07. The van der Waals surface area contributed by atoms with E-state index in [1.807, 2.05) is 6.92 Å². The van der Waals surface area contributed by atoms with Crippen LogP contribution in [0.1, 0.15) is 19.8 Å². The Morgan fingerprint density at radius 1 is 1.05 bits per heavy atom. The summed E-state index contributed by atoms with van der Waals surface area (Å²) in [6.45, 7) is 1.75. The van der Waals surface area contributed by atoms with Crippen molar-refractivity contribution in [1.82, 2.24) is 15.0 Å². The Bertz CT molecular complexity index is 401. The van der Waals surface area contributed by atoms with Crippen molar-refractivity contribution in [2.75, 3.05) is 25.6 Å². The molecule has 0 spiro atoms. The van der Waals surface area contributed by atoms with E-state index in [1.165, 1.54) is 0 Å². The van der Waals surface area contributed by atoms with Crippen LogP contribution in [0.25, 0.3) is 0 Å². The van der Waals surface area contributed by atoms with Crippen LogP contribution in [-0.2, 0) is 0 Å². The van der Waals surface area contributed by atoms with Gasteiger partial charge in [-0.05, 0) is 6.42 Å². The molecule has 0 fully saturated rings. The minimum absolute atomic E-state index is 0.0169. The van der Waals surface area contributed by atoms with E-state index in [4.69, 9.17) is 9.47 Å². The summed E-state index contributed by atoms with van der Waals surface area (Å²) in [5.41, 5.74) is 0. The lowest BCUT2D eigenvalue weighted by Gasteiger charge is -2.09. The molecule has 0 amide bonds. The molecule has 0 bridgehead atoms. The maximum atomic E-state index is 12.0. The molecule has 0 unspecified atom stereocenters. The molecule has 0 atom stereocenters. The second-order valence-electron chi connectivity index (χ2n) is 3.54. The SMILES string of the molecule is CCCOc1nc(NC)nc(OCCC(F)(F)F)n1. The van der Waals surface area contributed by atoms with Gasteiger partial charge in [0, 0.05) is 7.05 Å². The van der Waals surface area contributed by atoms with Gasteiger partial charge in [-0.1, -0.05) is 6.92 Å². The molecule has 1 heterocycles. The summed E-state index contributed by atoms with van der Waals surface area (Å²) in [6.07, 6.45) is -4.59. The fourth-order valence-electron chi connectivity index (χ4n) is 1.03. The van der Waals surface area contributed by atoms with E-state index in [1.54, 1.807) is 7.05 Å². The largest absolute Gasteiger partial charge is 0.463 e. The summed E-state index contributed by atoms with van der Waals surface area (Å²) in [7, 11) is 1.57. The lowest BCUT2D eigenvalue weighted by atomic mass is 10.4. The molecule has 6 nitrogen and oxygen atoms in total. The van der Waals surface area contributed by atoms with Gasteiger partial charge in [-0.2, -0.15) is 23.1 Å². The molecule has 1 N–H and O–H groups in total. The Morgan fingerprint density at radius 3 is 2.11 bits per heavy atom. The van der Waals surface area contributed by atoms with Gasteiger partial charge in [-0.25, -0.2) is 0 Å². The highest BCUT2D eigenvalue weighted by Gasteiger charge is 2.27. The number of anilines is 1. The molecule has 0 aliphatic heterocycles. The van der Waals surface area contributed by atoms with Crippen LogP contribution in [0, 0.1) is 0 Å². The Kier molecular flexibility index (Phi) is 5.58. The first-order valence-electron chi connectivity index (χ1n) is 5.70. The molecule has 0 radical (unpaired) electrons. The van der Waals surface area contributed by atoms with E-state index in [9.17, 15) is 13.2 Å². The van der Waals surface area contributed by atoms with Crippen molar-refractivity contribution in [1.29, 1.82) is 0 Å². The van der Waals surface area contributed by atoms with Crippen LogP contribution in [0.15, 0.2) is 0 Å². The number of rotatable bonds is 7. The Hall–Kier alpha value is -1.80. The molecule has 0 aliphatic rings. The van der Waals surface area contributed by atoms with Gasteiger partial charge in [-0.15, -0.1) is 4.98 Å². The fourth-order valence-corrected chi connectivity index (χ4v) is 1.03. The normalized spacial score (nSPS) is 11.2. The molecule has 0 aromatic carbocycles. The number of halogens is 3. The van der Waals surface area contributed by atoms with Gasteiger partial charge in [0.1, 0.15) is 6.61 Å². The van der Waals surface area contributed by atoms with Crippen LogP contribution in [0.3, 0.4) is 0 Å². The second kappa shape index (κ2) is 6.95. The molecule has 1 rings (SSSR count). The molecular formula is C10H15F3N4O2. The summed E-state index contributed by atoms with van der Waals surface area (Å²) in [6, 6.07) is -0.182. The molecule has 1 aromatic heterocycles. The number of alkyl halides is 3. The first-order chi connectivity index (χ1) is 8.94. The quantitative estimate of drug-likeness (QED) is 0.824. The molecule has 1 aromatic rings. The predicted octanol–water partition coefficient (Wildman–Crippen LogP) is 2.03. The van der Waals surface area contributed by atoms with Crippen molar-refractivity contribution in [2.24, 2.45) is 0 Å². The number of hydrogen-bond acceptors (Lipinski definition) is 6. The topological polar surface area (TPSA) is 69.2 Å². The van der Waals surface area contributed by atoms with Gasteiger partial charge in [0.2, 0.25) is 5.95 Å². The summed E-state index contributed by atoms with van der Waals surface area (Å²) >= 11 is 0. The lowest BCUT2D eigenvalue weighted by molar-refractivity contribution is -0.139. The average Bonchev–Trinajstić information content (AvgIpc) is 2.34. The highest BCUT2D eigenvalue weighted by atomic mass is 19.4. The van der Waals surface area contributed by atoms with Crippen molar-refractivity contribution >= 4 is 5.95 Å². The highest BCUT2D eigenvalue weighted by molar-refractivity contribution is 5.26. The summed E-state index contributed by atoms with van der Waals surface area (Å²) in [5.74, 6) is 0.170. The highest BCUT2D eigenvalue weighted by Crippen LogP contribution is 2.20. The van der Waals surface area contributed by atoms with E-state index in [2.05, 4.69) is 20.3 Å². The molecule has 0 saturated carbocycles.